The Labute approximate surface area is 119 Å². The second-order valence-electron chi connectivity index (χ2n) is 4.96. The van der Waals surface area contributed by atoms with E-state index in [1.165, 1.54) is 32.3 Å². The van der Waals surface area contributed by atoms with Gasteiger partial charge in [-0.1, -0.05) is 13.8 Å². The van der Waals surface area contributed by atoms with Crippen LogP contribution in [0, 0.1) is 5.92 Å². The molecule has 112 valence electrons. The van der Waals surface area contributed by atoms with Crippen molar-refractivity contribution in [1.29, 1.82) is 0 Å². The monoisotopic (exact) mass is 301 g/mol. The Morgan fingerprint density at radius 2 is 1.95 bits per heavy atom. The first-order valence-corrected chi connectivity index (χ1v) is 7.53. The molecule has 0 radical (unpaired) electrons. The maximum Gasteiger partial charge on any atom is 0.337 e. The lowest BCUT2D eigenvalue weighted by molar-refractivity contribution is 0.0692. The molecule has 1 N–H and O–H groups in total. The zero-order valence-electron chi connectivity index (χ0n) is 12.0. The van der Waals surface area contributed by atoms with Crippen molar-refractivity contribution in [2.45, 2.75) is 18.7 Å². The summed E-state index contributed by atoms with van der Waals surface area (Å²) in [6, 6.07) is 3.95. The van der Waals surface area contributed by atoms with Crippen LogP contribution >= 0.6 is 0 Å². The van der Waals surface area contributed by atoms with Crippen molar-refractivity contribution >= 4 is 16.0 Å². The van der Waals surface area contributed by atoms with Crippen LogP contribution in [0.1, 0.15) is 24.2 Å². The fourth-order valence-corrected chi connectivity index (χ4v) is 2.53. The summed E-state index contributed by atoms with van der Waals surface area (Å²) in [5.74, 6) is -0.673. The lowest BCUT2D eigenvalue weighted by Crippen LogP contribution is -2.24. The summed E-state index contributed by atoms with van der Waals surface area (Å²) in [6.45, 7) is 4.35. The van der Waals surface area contributed by atoms with Crippen molar-refractivity contribution in [1.82, 2.24) is 4.31 Å². The molecule has 0 saturated carbocycles. The van der Waals surface area contributed by atoms with Gasteiger partial charge < -0.3 is 9.84 Å². The first kappa shape index (κ1) is 16.5. The zero-order valence-corrected chi connectivity index (χ0v) is 12.8. The predicted molar refractivity (Wildman–Crippen MR) is 74.6 cm³/mol. The Morgan fingerprint density at radius 1 is 1.35 bits per heavy atom. The maximum atomic E-state index is 12.2. The SMILES string of the molecule is CC(C)COc1ccc(C(=O)O)c(S(=O)(=O)N(C)C)c1. The topological polar surface area (TPSA) is 83.9 Å². The smallest absolute Gasteiger partial charge is 0.337 e. The largest absolute Gasteiger partial charge is 0.493 e. The molecule has 0 fully saturated rings. The molecule has 0 aliphatic heterocycles. The number of aromatic carboxylic acids is 1. The van der Waals surface area contributed by atoms with Crippen molar-refractivity contribution in [3.63, 3.8) is 0 Å². The van der Waals surface area contributed by atoms with E-state index in [2.05, 4.69) is 0 Å². The molecule has 1 aromatic carbocycles. The molecule has 6 nitrogen and oxygen atoms in total. The normalized spacial score (nSPS) is 11.9. The van der Waals surface area contributed by atoms with Crippen molar-refractivity contribution in [3.8, 4) is 5.75 Å². The molecule has 7 heteroatoms. The van der Waals surface area contributed by atoms with E-state index < -0.39 is 16.0 Å². The first-order chi connectivity index (χ1) is 9.16. The second kappa shape index (κ2) is 6.23. The summed E-state index contributed by atoms with van der Waals surface area (Å²) in [5, 5.41) is 9.10. The highest BCUT2D eigenvalue weighted by Gasteiger charge is 2.25. The van der Waals surface area contributed by atoms with Crippen LogP contribution in [0.5, 0.6) is 5.75 Å². The first-order valence-electron chi connectivity index (χ1n) is 6.09. The van der Waals surface area contributed by atoms with Crippen molar-refractivity contribution < 1.29 is 23.1 Å². The summed E-state index contributed by atoms with van der Waals surface area (Å²) in [6.07, 6.45) is 0. The van der Waals surface area contributed by atoms with Crippen LogP contribution in [-0.2, 0) is 10.0 Å². The molecule has 1 rings (SSSR count). The second-order valence-corrected chi connectivity index (χ2v) is 7.08. The molecule has 0 spiro atoms. The van der Waals surface area contributed by atoms with E-state index >= 15 is 0 Å². The number of rotatable bonds is 6. The van der Waals surface area contributed by atoms with Gasteiger partial charge in [0.2, 0.25) is 10.0 Å². The number of hydrogen-bond acceptors (Lipinski definition) is 4. The van der Waals surface area contributed by atoms with Crippen LogP contribution in [0.2, 0.25) is 0 Å². The standard InChI is InChI=1S/C13H19NO5S/c1-9(2)8-19-10-5-6-11(13(15)16)12(7-10)20(17,18)14(3)4/h5-7,9H,8H2,1-4H3,(H,15,16). The Balaban J connectivity index is 3.30. The number of hydrogen-bond donors (Lipinski definition) is 1. The number of carboxylic acids is 1. The van der Waals surface area contributed by atoms with E-state index in [1.807, 2.05) is 13.8 Å². The van der Waals surface area contributed by atoms with Gasteiger partial charge in [0, 0.05) is 20.2 Å². The van der Waals surface area contributed by atoms with Gasteiger partial charge in [0.25, 0.3) is 0 Å². The molecule has 20 heavy (non-hydrogen) atoms. The molecule has 0 aliphatic rings. The van der Waals surface area contributed by atoms with Crippen LogP contribution in [0.3, 0.4) is 0 Å². The lowest BCUT2D eigenvalue weighted by Gasteiger charge is -2.15. The Hall–Kier alpha value is -1.60. The van der Waals surface area contributed by atoms with Crippen LogP contribution in [0.25, 0.3) is 0 Å². The molecule has 0 heterocycles. The molecule has 1 aromatic rings. The van der Waals surface area contributed by atoms with Crippen LogP contribution in [-0.4, -0.2) is 44.5 Å². The molecular weight excluding hydrogens is 282 g/mol. The molecule has 0 unspecified atom stereocenters. The van der Waals surface area contributed by atoms with Crippen molar-refractivity contribution in [3.05, 3.63) is 23.8 Å². The van der Waals surface area contributed by atoms with Gasteiger partial charge in [-0.3, -0.25) is 0 Å². The minimum Gasteiger partial charge on any atom is -0.493 e. The van der Waals surface area contributed by atoms with Crippen LogP contribution in [0.4, 0.5) is 0 Å². The van der Waals surface area contributed by atoms with Gasteiger partial charge in [-0.2, -0.15) is 0 Å². The van der Waals surface area contributed by atoms with Crippen molar-refractivity contribution in [2.75, 3.05) is 20.7 Å². The number of sulfonamides is 1. The molecule has 0 aliphatic carbocycles. The van der Waals surface area contributed by atoms with Gasteiger partial charge in [0.05, 0.1) is 12.2 Å². The van der Waals surface area contributed by atoms with Crippen LogP contribution < -0.4 is 4.74 Å². The number of ether oxygens (including phenoxy) is 1. The number of carboxylic acid groups (broad SMARTS) is 1. The van der Waals surface area contributed by atoms with Gasteiger partial charge >= 0.3 is 5.97 Å². The third kappa shape index (κ3) is 3.71. The Morgan fingerprint density at radius 3 is 2.40 bits per heavy atom. The number of nitrogens with zero attached hydrogens (tertiary/aromatic N) is 1. The summed E-state index contributed by atoms with van der Waals surface area (Å²) in [7, 11) is -1.14. The molecular formula is C13H19NO5S. The highest BCUT2D eigenvalue weighted by atomic mass is 32.2. The van der Waals surface area contributed by atoms with E-state index in [9.17, 15) is 13.2 Å². The van der Waals surface area contributed by atoms with Crippen LogP contribution in [0.15, 0.2) is 23.1 Å². The Bertz CT molecular complexity index is 593. The summed E-state index contributed by atoms with van der Waals surface area (Å²) < 4.78 is 30.7. The lowest BCUT2D eigenvalue weighted by atomic mass is 10.2. The average molecular weight is 301 g/mol. The average Bonchev–Trinajstić information content (AvgIpc) is 2.35. The highest BCUT2D eigenvalue weighted by Crippen LogP contribution is 2.24. The van der Waals surface area contributed by atoms with E-state index in [4.69, 9.17) is 9.84 Å². The van der Waals surface area contributed by atoms with Crippen molar-refractivity contribution in [2.24, 2.45) is 5.92 Å². The van der Waals surface area contributed by atoms with Gasteiger partial charge in [0.1, 0.15) is 10.6 Å². The molecule has 0 saturated heterocycles. The van der Waals surface area contributed by atoms with E-state index in [0.717, 1.165) is 4.31 Å². The fourth-order valence-electron chi connectivity index (χ4n) is 1.44. The number of benzene rings is 1. The third-order valence-electron chi connectivity index (χ3n) is 2.53. The van der Waals surface area contributed by atoms with Gasteiger partial charge in [-0.15, -0.1) is 0 Å². The van der Waals surface area contributed by atoms with Gasteiger partial charge in [0.15, 0.2) is 0 Å². The van der Waals surface area contributed by atoms with Gasteiger partial charge in [-0.25, -0.2) is 17.5 Å². The predicted octanol–water partition coefficient (Wildman–Crippen LogP) is 1.67. The molecule has 0 amide bonds. The summed E-state index contributed by atoms with van der Waals surface area (Å²) >= 11 is 0. The fraction of sp³-hybridized carbons (Fsp3) is 0.462. The third-order valence-corrected chi connectivity index (χ3v) is 4.38. The molecule has 0 aromatic heterocycles. The molecule has 0 atom stereocenters. The molecule has 0 bridgehead atoms. The summed E-state index contributed by atoms with van der Waals surface area (Å²) in [4.78, 5) is 10.9. The van der Waals surface area contributed by atoms with E-state index in [1.54, 1.807) is 0 Å². The summed E-state index contributed by atoms with van der Waals surface area (Å²) in [5.41, 5.74) is -0.268. The number of carbonyl (C=O) groups is 1. The minimum atomic E-state index is -3.84. The minimum absolute atomic E-state index is 0.267. The highest BCUT2D eigenvalue weighted by molar-refractivity contribution is 7.89. The van der Waals surface area contributed by atoms with E-state index in [0.29, 0.717) is 12.4 Å². The van der Waals surface area contributed by atoms with E-state index in [-0.39, 0.29) is 16.4 Å². The maximum absolute atomic E-state index is 12.2. The quantitative estimate of drug-likeness (QED) is 0.864. The van der Waals surface area contributed by atoms with Gasteiger partial charge in [-0.05, 0) is 18.1 Å². The zero-order chi connectivity index (χ0) is 15.5. The Kier molecular flexibility index (Phi) is 5.13.